The van der Waals surface area contributed by atoms with Crippen LogP contribution in [0.1, 0.15) is 41.5 Å². The maximum Gasteiger partial charge on any atom is 0.268 e. The lowest BCUT2D eigenvalue weighted by Gasteiger charge is -2.54. The fourth-order valence-electron chi connectivity index (χ4n) is 2.16. The van der Waals surface area contributed by atoms with Crippen LogP contribution in [-0.4, -0.2) is 33.4 Å². The molecule has 0 fully saturated rings. The lowest BCUT2D eigenvalue weighted by molar-refractivity contribution is 0.138. The summed E-state index contributed by atoms with van der Waals surface area (Å²) in [6.07, 6.45) is 0. The fourth-order valence-corrected chi connectivity index (χ4v) is 9.57. The first-order valence-electron chi connectivity index (χ1n) is 5.32. The molecule has 0 radical (unpaired) electrons. The van der Waals surface area contributed by atoms with Crippen molar-refractivity contribution >= 4 is 22.7 Å². The molecule has 1 aliphatic rings. The van der Waals surface area contributed by atoms with E-state index in [-0.39, 0.29) is 24.8 Å². The predicted octanol–water partition coefficient (Wildman–Crippen LogP) is 2.19. The van der Waals surface area contributed by atoms with E-state index in [0.29, 0.717) is 0 Å². The van der Waals surface area contributed by atoms with Crippen molar-refractivity contribution in [1.82, 2.24) is 0 Å². The summed E-state index contributed by atoms with van der Waals surface area (Å²) >= 11 is 0. The van der Waals surface area contributed by atoms with Crippen molar-refractivity contribution in [3.63, 3.8) is 0 Å². The molecule has 0 aliphatic carbocycles. The number of hydrogen-bond acceptors (Lipinski definition) is 2. The Morgan fingerprint density at radius 2 is 1.67 bits per heavy atom. The van der Waals surface area contributed by atoms with Gasteiger partial charge in [0, 0.05) is 5.54 Å². The summed E-state index contributed by atoms with van der Waals surface area (Å²) in [5.41, 5.74) is -0.687. The minimum atomic E-state index is -1.78. The fraction of sp³-hybridized carbons (Fsp3) is 0.900. The van der Waals surface area contributed by atoms with Crippen molar-refractivity contribution < 1.29 is 9.90 Å². The summed E-state index contributed by atoms with van der Waals surface area (Å²) in [4.78, 5) is 11.3. The number of carbonyl (C=O) groups is 1. The third kappa shape index (κ3) is 1.65. The molecule has 15 heavy (non-hydrogen) atoms. The number of hydrogen-bond donors (Lipinski definition) is 1. The Hall–Kier alpha value is -0.296. The highest BCUT2D eigenvalue weighted by Crippen LogP contribution is 2.56. The highest BCUT2D eigenvalue weighted by molar-refractivity contribution is 7.24. The zero-order chi connectivity index (χ0) is 12.1. The molecule has 1 rings (SSSR count). The van der Waals surface area contributed by atoms with E-state index in [0.717, 1.165) is 0 Å². The van der Waals surface area contributed by atoms with E-state index in [4.69, 9.17) is 0 Å². The summed E-state index contributed by atoms with van der Waals surface area (Å²) < 4.78 is 4.68. The van der Waals surface area contributed by atoms with Crippen LogP contribution >= 0.6 is 0 Å². The Morgan fingerprint density at radius 1 is 1.20 bits per heavy atom. The molecule has 0 amide bonds. The van der Waals surface area contributed by atoms with Gasteiger partial charge in [0.25, 0.3) is 5.59 Å². The number of carboxylic acid groups (broad SMARTS) is 1. The van der Waals surface area contributed by atoms with Gasteiger partial charge in [0.2, 0.25) is 8.31 Å². The molecule has 3 nitrogen and oxygen atoms in total. The minimum absolute atomic E-state index is 0.0411. The molecule has 1 heterocycles. The highest BCUT2D eigenvalue weighted by atomic mass is 29.2. The van der Waals surface area contributed by atoms with E-state index in [1.807, 2.05) is 0 Å². The zero-order valence-corrected chi connectivity index (χ0v) is 12.8. The van der Waals surface area contributed by atoms with Crippen LogP contribution in [0.4, 0.5) is 4.79 Å². The molecule has 1 N–H and O–H groups in total. The lowest BCUT2D eigenvalue weighted by atomic mass is 9.67. The number of nitrogens with zero attached hydrogens (tertiary/aromatic N) is 1. The summed E-state index contributed by atoms with van der Waals surface area (Å²) in [5, 5.41) is 9.23. The third-order valence-corrected chi connectivity index (χ3v) is 13.3. The van der Waals surface area contributed by atoms with Gasteiger partial charge in [-0.15, -0.1) is 0 Å². The van der Waals surface area contributed by atoms with Crippen molar-refractivity contribution in [2.75, 3.05) is 0 Å². The Bertz CT molecular complexity index is 321. The monoisotopic (exact) mass is 243 g/mol. The molecule has 0 aromatic rings. The largest absolute Gasteiger partial charge is 0.486 e. The molecule has 1 atom stereocenters. The van der Waals surface area contributed by atoms with E-state index in [9.17, 15) is 9.90 Å². The average molecular weight is 243 g/mol. The second-order valence-electron chi connectivity index (χ2n) is 6.00. The van der Waals surface area contributed by atoms with Crippen LogP contribution in [0.3, 0.4) is 0 Å². The summed E-state index contributed by atoms with van der Waals surface area (Å²) in [6.45, 7) is 12.8. The first-order valence-corrected chi connectivity index (χ1v) is 9.66. The Kier molecular flexibility index (Phi) is 2.85. The summed E-state index contributed by atoms with van der Waals surface area (Å²) in [6, 6.07) is 0. The van der Waals surface area contributed by atoms with Crippen LogP contribution in [0.15, 0.2) is 4.63 Å². The Balaban J connectivity index is 3.30. The molecule has 1 unspecified atom stereocenters. The van der Waals surface area contributed by atoms with E-state index in [2.05, 4.69) is 46.2 Å². The van der Waals surface area contributed by atoms with Crippen molar-refractivity contribution in [3.05, 3.63) is 0 Å². The molecular weight excluding hydrogens is 222 g/mol. The minimum Gasteiger partial charge on any atom is -0.486 e. The molecule has 0 saturated heterocycles. The quantitative estimate of drug-likeness (QED) is 0.718. The van der Waals surface area contributed by atoms with E-state index < -0.39 is 13.9 Å². The van der Waals surface area contributed by atoms with E-state index in [1.165, 1.54) is 0 Å². The van der Waals surface area contributed by atoms with Crippen molar-refractivity contribution in [2.24, 2.45) is 10.0 Å². The molecule has 5 heteroatoms. The third-order valence-electron chi connectivity index (χ3n) is 4.73. The van der Waals surface area contributed by atoms with Crippen molar-refractivity contribution in [2.45, 2.75) is 52.1 Å². The van der Waals surface area contributed by atoms with Gasteiger partial charge in [-0.1, -0.05) is 27.7 Å². The lowest BCUT2D eigenvalue weighted by Crippen LogP contribution is -2.58. The topological polar surface area (TPSA) is 49.7 Å². The van der Waals surface area contributed by atoms with Gasteiger partial charge in [-0.3, -0.25) is 4.79 Å². The second kappa shape index (κ2) is 3.35. The Labute approximate surface area is 95.2 Å². The summed E-state index contributed by atoms with van der Waals surface area (Å²) in [7, 11) is -2.00. The van der Waals surface area contributed by atoms with Crippen LogP contribution in [0, 0.1) is 5.41 Å². The van der Waals surface area contributed by atoms with Crippen LogP contribution in [0.5, 0.6) is 0 Å². The smallest absolute Gasteiger partial charge is 0.268 e. The first kappa shape index (κ1) is 12.8. The molecular formula is C10H21NO2Si2. The normalized spacial score (nSPS) is 31.2. The second-order valence-corrected chi connectivity index (χ2v) is 12.3. The summed E-state index contributed by atoms with van der Waals surface area (Å²) in [5.74, 6) is 0. The molecule has 0 aromatic carbocycles. The van der Waals surface area contributed by atoms with Gasteiger partial charge in [-0.05, 0) is 24.3 Å². The molecule has 1 aliphatic heterocycles. The van der Waals surface area contributed by atoms with E-state index >= 15 is 0 Å². The van der Waals surface area contributed by atoms with Gasteiger partial charge >= 0.3 is 0 Å². The highest BCUT2D eigenvalue weighted by Gasteiger charge is 2.56. The van der Waals surface area contributed by atoms with Crippen LogP contribution in [-0.2, 0) is 0 Å². The maximum atomic E-state index is 11.3. The van der Waals surface area contributed by atoms with Gasteiger partial charge in [0.1, 0.15) is 8.83 Å². The van der Waals surface area contributed by atoms with Crippen LogP contribution in [0.2, 0.25) is 5.04 Å². The molecule has 0 bridgehead atoms. The predicted molar refractivity (Wildman–Crippen MR) is 66.7 cm³/mol. The van der Waals surface area contributed by atoms with Crippen molar-refractivity contribution in [3.8, 4) is 0 Å². The van der Waals surface area contributed by atoms with E-state index in [1.54, 1.807) is 0 Å². The van der Waals surface area contributed by atoms with Gasteiger partial charge in [-0.2, -0.15) is 0 Å². The average Bonchev–Trinajstić information content (AvgIpc) is 2.00. The molecule has 0 saturated carbocycles. The standard InChI is InChI=1S/C10H21NO2Si2/c1-8(2)9(3,4)11-14-15(7(12)13)10(8,5)6/h14-15H,1-6H3,(H,12,13). The molecule has 86 valence electrons. The van der Waals surface area contributed by atoms with Gasteiger partial charge in [0.05, 0.1) is 0 Å². The van der Waals surface area contributed by atoms with Gasteiger partial charge < -0.3 is 9.74 Å². The zero-order valence-electron chi connectivity index (χ0n) is 10.5. The van der Waals surface area contributed by atoms with Crippen molar-refractivity contribution in [1.29, 1.82) is 0 Å². The maximum absolute atomic E-state index is 11.3. The molecule has 0 spiro atoms. The number of rotatable bonds is 1. The van der Waals surface area contributed by atoms with Gasteiger partial charge in [0.15, 0.2) is 0 Å². The Morgan fingerprint density at radius 3 is 2.07 bits per heavy atom. The van der Waals surface area contributed by atoms with Crippen LogP contribution in [0.25, 0.3) is 0 Å². The van der Waals surface area contributed by atoms with Crippen LogP contribution < -0.4 is 0 Å². The van der Waals surface area contributed by atoms with Gasteiger partial charge in [-0.25, -0.2) is 0 Å². The molecule has 0 aromatic heterocycles. The SMILES string of the molecule is CC1(C)N=[SiH][SiH](C(=O)O)C(C)(C)C1(C)C. The first-order chi connectivity index (χ1) is 6.54.